The van der Waals surface area contributed by atoms with Gasteiger partial charge in [0.25, 0.3) is 0 Å². The maximum atomic E-state index is 9.52. The van der Waals surface area contributed by atoms with Crippen molar-refractivity contribution < 1.29 is 0 Å². The number of benzene rings is 2. The first-order chi connectivity index (χ1) is 15.7. The van der Waals surface area contributed by atoms with Gasteiger partial charge in [0.1, 0.15) is 0 Å². The van der Waals surface area contributed by atoms with Crippen molar-refractivity contribution in [1.82, 2.24) is 19.4 Å². The van der Waals surface area contributed by atoms with Crippen LogP contribution in [0.15, 0.2) is 103 Å². The third-order valence-corrected chi connectivity index (χ3v) is 5.08. The van der Waals surface area contributed by atoms with E-state index in [1.54, 1.807) is 24.5 Å². The minimum Gasteiger partial charge on any atom is -0.369 e. The standard InChI is InChI=1S/C25H23N7/c26-18-31(25(27)30-22-11-14-28-15-12-22)16-13-23-17-32(19-29-23)24(20-7-3-1-4-8-20)21-9-5-2-6-10-21/h1-12,14-15,17,19,24H,13,16H2,(H2,27,28,30). The molecule has 2 aromatic carbocycles. The Labute approximate surface area is 187 Å². The van der Waals surface area contributed by atoms with Crippen molar-refractivity contribution in [2.24, 2.45) is 10.7 Å². The summed E-state index contributed by atoms with van der Waals surface area (Å²) in [4.78, 5) is 14.2. The summed E-state index contributed by atoms with van der Waals surface area (Å²) < 4.78 is 2.10. The van der Waals surface area contributed by atoms with E-state index in [2.05, 4.69) is 50.0 Å². The summed E-state index contributed by atoms with van der Waals surface area (Å²) in [5, 5.41) is 9.52. The summed E-state index contributed by atoms with van der Waals surface area (Å²) in [5.41, 5.74) is 9.91. The topological polar surface area (TPSA) is 96.1 Å². The summed E-state index contributed by atoms with van der Waals surface area (Å²) in [6, 6.07) is 24.1. The van der Waals surface area contributed by atoms with Gasteiger partial charge in [-0.2, -0.15) is 5.26 Å². The Morgan fingerprint density at radius 1 is 1.00 bits per heavy atom. The fourth-order valence-corrected chi connectivity index (χ4v) is 3.51. The Bertz CT molecular complexity index is 1160. The van der Waals surface area contributed by atoms with Crippen molar-refractivity contribution in [2.75, 3.05) is 6.54 Å². The maximum absolute atomic E-state index is 9.52. The molecule has 4 rings (SSSR count). The van der Waals surface area contributed by atoms with Gasteiger partial charge in [0.05, 0.1) is 23.8 Å². The number of imidazole rings is 1. The number of nitrogens with two attached hydrogens (primary N) is 1. The fraction of sp³-hybridized carbons (Fsp3) is 0.120. The molecule has 0 amide bonds. The quantitative estimate of drug-likeness (QED) is 0.211. The molecule has 32 heavy (non-hydrogen) atoms. The van der Waals surface area contributed by atoms with Gasteiger partial charge >= 0.3 is 0 Å². The van der Waals surface area contributed by atoms with Gasteiger partial charge < -0.3 is 10.3 Å². The summed E-state index contributed by atoms with van der Waals surface area (Å²) in [6.45, 7) is 0.384. The largest absolute Gasteiger partial charge is 0.369 e. The fourth-order valence-electron chi connectivity index (χ4n) is 3.51. The molecule has 4 aromatic rings. The molecule has 0 bridgehead atoms. The van der Waals surface area contributed by atoms with Crippen LogP contribution in [0.1, 0.15) is 22.9 Å². The van der Waals surface area contributed by atoms with Gasteiger partial charge in [-0.25, -0.2) is 14.9 Å². The zero-order valence-corrected chi connectivity index (χ0v) is 17.5. The molecule has 2 aromatic heterocycles. The van der Waals surface area contributed by atoms with E-state index in [4.69, 9.17) is 5.73 Å². The highest BCUT2D eigenvalue weighted by atomic mass is 15.2. The minimum absolute atomic E-state index is 0.0176. The number of aromatic nitrogens is 3. The van der Waals surface area contributed by atoms with E-state index in [9.17, 15) is 5.26 Å². The molecule has 0 aliphatic rings. The molecule has 7 nitrogen and oxygen atoms in total. The van der Waals surface area contributed by atoms with Crippen molar-refractivity contribution in [3.63, 3.8) is 0 Å². The molecule has 0 saturated carbocycles. The lowest BCUT2D eigenvalue weighted by atomic mass is 9.98. The van der Waals surface area contributed by atoms with Crippen LogP contribution in [0.5, 0.6) is 0 Å². The smallest absolute Gasteiger partial charge is 0.209 e. The average Bonchev–Trinajstić information content (AvgIpc) is 3.30. The van der Waals surface area contributed by atoms with Gasteiger partial charge in [-0.1, -0.05) is 60.7 Å². The van der Waals surface area contributed by atoms with Crippen molar-refractivity contribution in [2.45, 2.75) is 12.5 Å². The molecule has 0 unspecified atom stereocenters. The Hall–Kier alpha value is -4.44. The molecular weight excluding hydrogens is 398 g/mol. The second-order valence-corrected chi connectivity index (χ2v) is 7.21. The predicted molar refractivity (Wildman–Crippen MR) is 124 cm³/mol. The summed E-state index contributed by atoms with van der Waals surface area (Å²) in [5.74, 6) is 0.143. The summed E-state index contributed by atoms with van der Waals surface area (Å²) in [6.07, 6.45) is 9.78. The highest BCUT2D eigenvalue weighted by Crippen LogP contribution is 2.26. The molecule has 158 valence electrons. The molecule has 0 spiro atoms. The second-order valence-electron chi connectivity index (χ2n) is 7.21. The van der Waals surface area contributed by atoms with Crippen molar-refractivity contribution in [1.29, 1.82) is 5.26 Å². The van der Waals surface area contributed by atoms with E-state index in [0.717, 1.165) is 5.69 Å². The molecule has 0 atom stereocenters. The third-order valence-electron chi connectivity index (χ3n) is 5.08. The second kappa shape index (κ2) is 10.0. The van der Waals surface area contributed by atoms with Gasteiger partial charge in [0.2, 0.25) is 5.96 Å². The summed E-state index contributed by atoms with van der Waals surface area (Å²) >= 11 is 0. The normalized spacial score (nSPS) is 11.3. The lowest BCUT2D eigenvalue weighted by Gasteiger charge is -2.19. The van der Waals surface area contributed by atoms with Crippen LogP contribution in [0.2, 0.25) is 0 Å². The highest BCUT2D eigenvalue weighted by molar-refractivity contribution is 5.82. The first-order valence-electron chi connectivity index (χ1n) is 10.3. The predicted octanol–water partition coefficient (Wildman–Crippen LogP) is 3.89. The molecule has 2 N–H and O–H groups in total. The van der Waals surface area contributed by atoms with Crippen molar-refractivity contribution >= 4 is 11.6 Å². The van der Waals surface area contributed by atoms with E-state index in [1.807, 2.05) is 48.9 Å². The van der Waals surface area contributed by atoms with Gasteiger partial charge in [-0.05, 0) is 23.3 Å². The highest BCUT2D eigenvalue weighted by Gasteiger charge is 2.17. The molecule has 7 heteroatoms. The zero-order valence-electron chi connectivity index (χ0n) is 17.5. The monoisotopic (exact) mass is 421 g/mol. The third kappa shape index (κ3) is 4.99. The Kier molecular flexibility index (Phi) is 6.54. The number of nitrogens with zero attached hydrogens (tertiary/aromatic N) is 6. The molecule has 0 radical (unpaired) electrons. The van der Waals surface area contributed by atoms with Crippen LogP contribution in [0.25, 0.3) is 0 Å². The Morgan fingerprint density at radius 3 is 2.22 bits per heavy atom. The first kappa shape index (κ1) is 20.8. The van der Waals surface area contributed by atoms with Crippen LogP contribution in [-0.4, -0.2) is 31.9 Å². The van der Waals surface area contributed by atoms with Crippen molar-refractivity contribution in [3.8, 4) is 6.19 Å². The van der Waals surface area contributed by atoms with Gasteiger partial charge in [0.15, 0.2) is 6.19 Å². The van der Waals surface area contributed by atoms with E-state index in [0.29, 0.717) is 18.7 Å². The lowest BCUT2D eigenvalue weighted by Crippen LogP contribution is -2.34. The average molecular weight is 422 g/mol. The SMILES string of the molecule is N#CN(CCc1cn(C(c2ccccc2)c2ccccc2)cn1)C(N)=Nc1ccncc1. The van der Waals surface area contributed by atoms with Crippen LogP contribution in [0.4, 0.5) is 5.69 Å². The zero-order chi connectivity index (χ0) is 22.2. The van der Waals surface area contributed by atoms with Crippen LogP contribution >= 0.6 is 0 Å². The number of hydrogen-bond acceptors (Lipinski definition) is 4. The number of aliphatic imine (C=N–C) groups is 1. The van der Waals surface area contributed by atoms with Crippen LogP contribution < -0.4 is 5.73 Å². The van der Waals surface area contributed by atoms with Gasteiger partial charge in [0, 0.05) is 31.6 Å². The summed E-state index contributed by atoms with van der Waals surface area (Å²) in [7, 11) is 0. The lowest BCUT2D eigenvalue weighted by molar-refractivity contribution is 0.565. The van der Waals surface area contributed by atoms with Crippen molar-refractivity contribution in [3.05, 3.63) is 115 Å². The van der Waals surface area contributed by atoms with E-state index < -0.39 is 0 Å². The number of guanidine groups is 1. The number of hydrogen-bond donors (Lipinski definition) is 1. The van der Waals surface area contributed by atoms with Gasteiger partial charge in [-0.15, -0.1) is 0 Å². The maximum Gasteiger partial charge on any atom is 0.209 e. The Morgan fingerprint density at radius 2 is 1.62 bits per heavy atom. The molecule has 2 heterocycles. The molecule has 0 aliphatic heterocycles. The van der Waals surface area contributed by atoms with Crippen LogP contribution in [-0.2, 0) is 6.42 Å². The molecule has 0 fully saturated rings. The minimum atomic E-state index is 0.0176. The van der Waals surface area contributed by atoms with E-state index in [-0.39, 0.29) is 12.0 Å². The number of nitriles is 1. The molecule has 0 aliphatic carbocycles. The molecular formula is C25H23N7. The number of rotatable bonds is 7. The van der Waals surface area contributed by atoms with Crippen LogP contribution in [0.3, 0.4) is 0 Å². The van der Waals surface area contributed by atoms with E-state index >= 15 is 0 Å². The number of pyridine rings is 1. The van der Waals surface area contributed by atoms with Crippen LogP contribution in [0, 0.1) is 11.5 Å². The van der Waals surface area contributed by atoms with E-state index in [1.165, 1.54) is 16.0 Å². The molecule has 0 saturated heterocycles. The van der Waals surface area contributed by atoms with Gasteiger partial charge in [-0.3, -0.25) is 4.98 Å². The Balaban J connectivity index is 1.51. The first-order valence-corrected chi connectivity index (χ1v) is 10.3.